The minimum atomic E-state index is -1.48. The monoisotopic (exact) mass is 876 g/mol. The molecule has 4 rings (SSSR count). The zero-order chi connectivity index (χ0) is 45.7. The molecule has 0 aliphatic carbocycles. The Hall–Kier alpha value is -3.16. The predicted octanol–water partition coefficient (Wildman–Crippen LogP) is 3.64. The summed E-state index contributed by atoms with van der Waals surface area (Å²) in [5.74, 6) is -2.01. The number of carbonyl (C=O) groups is 3. The number of methoxy groups -OCH3 is 1. The Morgan fingerprint density at radius 1 is 1.05 bits per heavy atom. The zero-order valence-corrected chi connectivity index (χ0v) is 38.3. The second-order valence-corrected chi connectivity index (χ2v) is 18.1. The van der Waals surface area contributed by atoms with E-state index in [1.165, 1.54) is 13.2 Å². The van der Waals surface area contributed by atoms with Gasteiger partial charge in [-0.15, -0.1) is 0 Å². The van der Waals surface area contributed by atoms with Crippen LogP contribution in [0.4, 0.5) is 0 Å². The van der Waals surface area contributed by atoms with Gasteiger partial charge in [0.25, 0.3) is 0 Å². The standard InChI is InChI=1S/C46H73N3O13/c1-27(2)21-36(52)60-44-31(6)58-38(24-46(44,7)55)61-41-30(5)59-45(40(54)39(41)49(8)9)62-42-33(18-20-48-26-32-16-14-19-47-25-32)22-28(3)34(50)17-13-11-12-15-29(4)57-37(53)23-35(51)43(42)56-10/h11-14,16-17,19,25,27-31,33,35,38-45,48,51,54-55H,15,18,20-24,26H2,1-10H3/b12-11-,17-13-/t28-,29-,30-,31+,33+,35+,38+,39-,40-,41-,42+,43+,44+,45+,46-/m1/s1. The van der Waals surface area contributed by atoms with E-state index < -0.39 is 109 Å². The van der Waals surface area contributed by atoms with Crippen molar-refractivity contribution in [3.05, 3.63) is 54.4 Å². The number of esters is 2. The Labute approximate surface area is 367 Å². The lowest BCUT2D eigenvalue weighted by molar-refractivity contribution is -0.344. The normalized spacial score (nSPS) is 37.8. The number of nitrogens with one attached hydrogen (secondary N) is 1. The maximum absolute atomic E-state index is 13.5. The van der Waals surface area contributed by atoms with E-state index in [1.807, 2.05) is 39.0 Å². The third-order valence-corrected chi connectivity index (χ3v) is 11.8. The first-order valence-corrected chi connectivity index (χ1v) is 22.1. The smallest absolute Gasteiger partial charge is 0.308 e. The van der Waals surface area contributed by atoms with Crippen molar-refractivity contribution in [2.45, 2.75) is 173 Å². The van der Waals surface area contributed by atoms with Crippen LogP contribution < -0.4 is 5.32 Å². The van der Waals surface area contributed by atoms with E-state index in [9.17, 15) is 29.7 Å². The fourth-order valence-corrected chi connectivity index (χ4v) is 8.63. The third kappa shape index (κ3) is 15.0. The van der Waals surface area contributed by atoms with Gasteiger partial charge in [-0.1, -0.05) is 45.1 Å². The van der Waals surface area contributed by atoms with Crippen molar-refractivity contribution in [1.82, 2.24) is 15.2 Å². The molecule has 1 aromatic heterocycles. The molecule has 16 nitrogen and oxygen atoms in total. The predicted molar refractivity (Wildman–Crippen MR) is 229 cm³/mol. The minimum absolute atomic E-state index is 0.0219. The SMILES string of the molecule is CO[C@@H]1[C@@H](O[C@@H]2O[C@H](C)[C@@H](O[C@H]3C[C@@](C)(O)[C@@H](OC(=O)CC(C)C)[C@H](C)O3)[C@H](N(C)C)[C@H]2O)[C@@H](CCNCc2cccnc2)C[C@@H](C)C(=O)/C=C\C=C/C[C@@H](C)OC(=O)C[C@@H]1O. The molecule has 4 heterocycles. The van der Waals surface area contributed by atoms with Gasteiger partial charge in [0, 0.05) is 51.2 Å². The third-order valence-electron chi connectivity index (χ3n) is 11.8. The molecule has 0 spiro atoms. The van der Waals surface area contributed by atoms with E-state index in [4.69, 9.17) is 33.2 Å². The lowest BCUT2D eigenvalue weighted by Crippen LogP contribution is -2.66. The molecule has 4 N–H and O–H groups in total. The number of rotatable bonds is 14. The highest BCUT2D eigenvalue weighted by atomic mass is 16.7. The summed E-state index contributed by atoms with van der Waals surface area (Å²) >= 11 is 0. The molecule has 0 bridgehead atoms. The van der Waals surface area contributed by atoms with Crippen LogP contribution in [-0.4, -0.2) is 150 Å². The van der Waals surface area contributed by atoms with Crippen LogP contribution in [0.15, 0.2) is 48.8 Å². The first-order valence-electron chi connectivity index (χ1n) is 22.1. The topological polar surface area (TPSA) is 205 Å². The van der Waals surface area contributed by atoms with Crippen molar-refractivity contribution in [2.75, 3.05) is 27.7 Å². The maximum atomic E-state index is 13.5. The number of carbonyl (C=O) groups excluding carboxylic acids is 3. The summed E-state index contributed by atoms with van der Waals surface area (Å²) in [6, 6.07) is 3.09. The number of likely N-dealkylation sites (N-methyl/N-ethyl adjacent to an activating group) is 1. The van der Waals surface area contributed by atoms with Crippen LogP contribution in [0.5, 0.6) is 0 Å². The van der Waals surface area contributed by atoms with Gasteiger partial charge in [-0.2, -0.15) is 0 Å². The van der Waals surface area contributed by atoms with Crippen LogP contribution in [0.2, 0.25) is 0 Å². The highest BCUT2D eigenvalue weighted by Gasteiger charge is 2.52. The molecule has 0 unspecified atom stereocenters. The first kappa shape index (κ1) is 51.5. The zero-order valence-electron chi connectivity index (χ0n) is 38.3. The highest BCUT2D eigenvalue weighted by molar-refractivity contribution is 5.91. The fraction of sp³-hybridized carbons (Fsp3) is 0.739. The number of nitrogens with zero attached hydrogens (tertiary/aromatic N) is 2. The summed E-state index contributed by atoms with van der Waals surface area (Å²) in [6.07, 6.45) is 0.482. The first-order chi connectivity index (χ1) is 29.3. The summed E-state index contributed by atoms with van der Waals surface area (Å²) < 4.78 is 43.3. The van der Waals surface area contributed by atoms with Gasteiger partial charge in [-0.3, -0.25) is 19.4 Å². The molecule has 0 amide bonds. The van der Waals surface area contributed by atoms with Crippen molar-refractivity contribution in [3.8, 4) is 0 Å². The lowest BCUT2D eigenvalue weighted by atomic mass is 9.82. The molecule has 0 aromatic carbocycles. The summed E-state index contributed by atoms with van der Waals surface area (Å²) in [6.45, 7) is 13.5. The number of ketones is 1. The number of ether oxygens (including phenoxy) is 7. The number of aromatic nitrogens is 1. The summed E-state index contributed by atoms with van der Waals surface area (Å²) in [7, 11) is 4.99. The van der Waals surface area contributed by atoms with E-state index in [1.54, 1.807) is 71.2 Å². The maximum Gasteiger partial charge on any atom is 0.308 e. The average molecular weight is 876 g/mol. The molecule has 62 heavy (non-hydrogen) atoms. The van der Waals surface area contributed by atoms with E-state index in [0.717, 1.165) is 5.56 Å². The molecule has 16 heteroatoms. The Balaban J connectivity index is 1.63. The highest BCUT2D eigenvalue weighted by Crippen LogP contribution is 2.37. The van der Waals surface area contributed by atoms with E-state index in [2.05, 4.69) is 10.3 Å². The van der Waals surface area contributed by atoms with Crippen molar-refractivity contribution in [2.24, 2.45) is 17.8 Å². The number of pyridine rings is 1. The summed E-state index contributed by atoms with van der Waals surface area (Å²) in [4.78, 5) is 45.2. The summed E-state index contributed by atoms with van der Waals surface area (Å²) in [5.41, 5.74) is -0.498. The molecule has 0 radical (unpaired) electrons. The van der Waals surface area contributed by atoms with Crippen LogP contribution in [0, 0.1) is 17.8 Å². The molecule has 2 fully saturated rings. The van der Waals surface area contributed by atoms with Gasteiger partial charge >= 0.3 is 11.9 Å². The minimum Gasteiger partial charge on any atom is -0.462 e. The number of allylic oxidation sites excluding steroid dienone is 3. The molecule has 3 aliphatic heterocycles. The van der Waals surface area contributed by atoms with E-state index in [-0.39, 0.29) is 24.5 Å². The molecule has 1 aromatic rings. The largest absolute Gasteiger partial charge is 0.462 e. The Morgan fingerprint density at radius 2 is 1.79 bits per heavy atom. The second kappa shape index (κ2) is 24.2. The van der Waals surface area contributed by atoms with Gasteiger partial charge in [0.1, 0.15) is 30.0 Å². The molecule has 15 atom stereocenters. The van der Waals surface area contributed by atoms with Gasteiger partial charge in [0.2, 0.25) is 0 Å². The van der Waals surface area contributed by atoms with Gasteiger partial charge in [0.15, 0.2) is 24.5 Å². The fourth-order valence-electron chi connectivity index (χ4n) is 8.63. The average Bonchev–Trinajstić information content (AvgIpc) is 3.18. The van der Waals surface area contributed by atoms with Crippen LogP contribution in [-0.2, 0) is 54.1 Å². The van der Waals surface area contributed by atoms with Crippen LogP contribution in [0.25, 0.3) is 0 Å². The lowest BCUT2D eigenvalue weighted by Gasteiger charge is -2.50. The van der Waals surface area contributed by atoms with Crippen molar-refractivity contribution >= 4 is 17.7 Å². The molecule has 3 aliphatic rings. The number of hydrogen-bond acceptors (Lipinski definition) is 16. The number of cyclic esters (lactones) is 1. The van der Waals surface area contributed by atoms with Crippen molar-refractivity contribution in [3.63, 3.8) is 0 Å². The quantitative estimate of drug-likeness (QED) is 0.156. The van der Waals surface area contributed by atoms with Gasteiger partial charge < -0.3 is 58.7 Å². The van der Waals surface area contributed by atoms with Crippen LogP contribution >= 0.6 is 0 Å². The van der Waals surface area contributed by atoms with E-state index in [0.29, 0.717) is 32.4 Å². The molecular formula is C46H73N3O13. The molecule has 0 saturated carbocycles. The number of aliphatic hydroxyl groups is 3. The Kier molecular flexibility index (Phi) is 20.1. The number of aliphatic hydroxyl groups excluding tert-OH is 2. The number of hydrogen-bond donors (Lipinski definition) is 4. The molecule has 350 valence electrons. The molecular weight excluding hydrogens is 803 g/mol. The van der Waals surface area contributed by atoms with Crippen LogP contribution in [0.1, 0.15) is 92.6 Å². The van der Waals surface area contributed by atoms with Crippen molar-refractivity contribution in [1.29, 1.82) is 0 Å². The summed E-state index contributed by atoms with van der Waals surface area (Å²) in [5, 5.41) is 38.9. The molecule has 2 saturated heterocycles. The van der Waals surface area contributed by atoms with Gasteiger partial charge in [0.05, 0.1) is 36.9 Å². The van der Waals surface area contributed by atoms with Crippen LogP contribution in [0.3, 0.4) is 0 Å². The van der Waals surface area contributed by atoms with E-state index >= 15 is 0 Å². The Morgan fingerprint density at radius 3 is 2.44 bits per heavy atom. The second-order valence-electron chi connectivity index (χ2n) is 18.1. The van der Waals surface area contributed by atoms with Gasteiger partial charge in [-0.25, -0.2) is 0 Å². The van der Waals surface area contributed by atoms with Gasteiger partial charge in [-0.05, 0) is 90.7 Å². The van der Waals surface area contributed by atoms with Crippen molar-refractivity contribution < 1.29 is 62.9 Å². The Bertz CT molecular complexity index is 1610.